The molecule has 1 aliphatic heterocycles. The minimum absolute atomic E-state index is 0.524. The Bertz CT molecular complexity index is 2790. The summed E-state index contributed by atoms with van der Waals surface area (Å²) in [5.41, 5.74) is 14.6. The summed E-state index contributed by atoms with van der Waals surface area (Å²) in [5.74, 6) is 2.37. The molecule has 0 bridgehead atoms. The zero-order chi connectivity index (χ0) is 42.7. The molecule has 0 spiro atoms. The fourth-order valence-electron chi connectivity index (χ4n) is 8.69. The lowest BCUT2D eigenvalue weighted by molar-refractivity contribution is 0.284. The van der Waals surface area contributed by atoms with Gasteiger partial charge in [0.25, 0.3) is 0 Å². The van der Waals surface area contributed by atoms with Crippen LogP contribution in [0.1, 0.15) is 74.9 Å². The lowest BCUT2D eigenvalue weighted by atomic mass is 9.96. The van der Waals surface area contributed by atoms with Crippen molar-refractivity contribution >= 4 is 60.4 Å². The Morgan fingerprint density at radius 2 is 0.689 bits per heavy atom. The summed E-state index contributed by atoms with van der Waals surface area (Å²) in [6.07, 6.45) is 2.71. The molecular formula is C51H52O8P2. The van der Waals surface area contributed by atoms with Crippen LogP contribution < -0.4 is 18.5 Å². The molecule has 2 aromatic heterocycles. The number of rotatable bonds is 4. The minimum atomic E-state index is -2.04. The van der Waals surface area contributed by atoms with Gasteiger partial charge in [0.15, 0.2) is 11.5 Å². The molecule has 8 nitrogen and oxygen atoms in total. The molecule has 314 valence electrons. The van der Waals surface area contributed by atoms with Gasteiger partial charge in [-0.25, -0.2) is 0 Å². The normalized spacial score (nSPS) is 13.0. The Kier molecular flexibility index (Phi) is 10.9. The predicted molar refractivity (Wildman–Crippen MR) is 249 cm³/mol. The molecule has 0 N–H and O–H groups in total. The molecule has 0 aliphatic carbocycles. The van der Waals surface area contributed by atoms with Gasteiger partial charge in [0, 0.05) is 21.5 Å². The molecule has 0 fully saturated rings. The van der Waals surface area contributed by atoms with Gasteiger partial charge in [-0.2, -0.15) is 0 Å². The van der Waals surface area contributed by atoms with Crippen LogP contribution in [-0.2, 0) is 0 Å². The van der Waals surface area contributed by atoms with Crippen molar-refractivity contribution in [2.24, 2.45) is 0 Å². The molecule has 0 atom stereocenters. The van der Waals surface area contributed by atoms with E-state index in [1.54, 1.807) is 0 Å². The van der Waals surface area contributed by atoms with E-state index in [1.807, 2.05) is 38.1 Å². The first-order valence-electron chi connectivity index (χ1n) is 21.0. The molecule has 0 saturated heterocycles. The Morgan fingerprint density at radius 1 is 0.377 bits per heavy atom. The fraction of sp³-hybridized carbons (Fsp3) is 0.294. The highest BCUT2D eigenvalue weighted by Crippen LogP contribution is 2.55. The summed E-state index contributed by atoms with van der Waals surface area (Å²) in [6.45, 7) is 21.8. The quantitative estimate of drug-likeness (QED) is 0.173. The molecule has 0 unspecified atom stereocenters. The number of hydrogen-bond acceptors (Lipinski definition) is 8. The van der Waals surface area contributed by atoms with Crippen molar-refractivity contribution in [3.05, 3.63) is 128 Å². The molecular weight excluding hydrogens is 803 g/mol. The van der Waals surface area contributed by atoms with Crippen LogP contribution in [0.5, 0.6) is 23.0 Å². The van der Waals surface area contributed by atoms with Crippen molar-refractivity contribution in [3.63, 3.8) is 0 Å². The van der Waals surface area contributed by atoms with E-state index < -0.39 is 16.5 Å². The number of benzene rings is 6. The van der Waals surface area contributed by atoms with Crippen LogP contribution in [-0.4, -0.2) is 13.2 Å². The van der Waals surface area contributed by atoms with Crippen LogP contribution in [0.15, 0.2) is 89.6 Å². The standard InChI is InChI=1S/C51H52O8P2/c1-28-20-34(7)46-38(24-28)39-25-29(2)21-35(8)47(39)55-60(54-46)58-50-32(5)14-16-42-44(50)45-43(53-19-13-11-12-18-52-42)17-15-33(6)51(45)59-61-56-48-36(9)22-30(3)26-40(48)41-27-31(4)23-37(10)49(41)57-61/h14-17,20-27H,11-13,18-19H2,1-10H3. The van der Waals surface area contributed by atoms with Gasteiger partial charge in [0.1, 0.15) is 33.8 Å². The van der Waals surface area contributed by atoms with Gasteiger partial charge in [0.05, 0.1) is 24.3 Å². The lowest BCUT2D eigenvalue weighted by Crippen LogP contribution is -2.02. The maximum atomic E-state index is 7.13. The average molecular weight is 855 g/mol. The zero-order valence-corrected chi connectivity index (χ0v) is 38.4. The van der Waals surface area contributed by atoms with Crippen molar-refractivity contribution in [3.8, 4) is 34.1 Å². The third-order valence-corrected chi connectivity index (χ3v) is 13.4. The van der Waals surface area contributed by atoms with Gasteiger partial charge >= 0.3 is 16.5 Å². The third-order valence-electron chi connectivity index (χ3n) is 11.4. The van der Waals surface area contributed by atoms with Crippen LogP contribution in [0.2, 0.25) is 0 Å². The number of ether oxygens (including phenoxy) is 2. The third kappa shape index (κ3) is 7.77. The highest BCUT2D eigenvalue weighted by Gasteiger charge is 2.29. The molecule has 61 heavy (non-hydrogen) atoms. The molecule has 0 amide bonds. The zero-order valence-electron chi connectivity index (χ0n) is 36.6. The first-order valence-corrected chi connectivity index (χ1v) is 23.2. The van der Waals surface area contributed by atoms with Crippen LogP contribution in [0, 0.1) is 69.2 Å². The van der Waals surface area contributed by atoms with Gasteiger partial charge in [-0.05, 0) is 181 Å². The highest BCUT2D eigenvalue weighted by atomic mass is 31.1. The van der Waals surface area contributed by atoms with E-state index in [-0.39, 0.29) is 0 Å². The van der Waals surface area contributed by atoms with Crippen molar-refractivity contribution in [2.45, 2.75) is 88.5 Å². The summed E-state index contributed by atoms with van der Waals surface area (Å²) in [7, 11) is -4.09. The summed E-state index contributed by atoms with van der Waals surface area (Å²) in [5, 5.41) is 3.93. The summed E-state index contributed by atoms with van der Waals surface area (Å²) >= 11 is 0. The molecule has 0 saturated carbocycles. The number of fused-ring (bicyclic) bond motifs is 9. The maximum Gasteiger partial charge on any atom is 0.453 e. The van der Waals surface area contributed by atoms with Gasteiger partial charge in [-0.15, -0.1) is 0 Å². The minimum Gasteiger partial charge on any atom is -0.493 e. The van der Waals surface area contributed by atoms with Crippen molar-refractivity contribution in [1.82, 2.24) is 0 Å². The first-order chi connectivity index (χ1) is 29.3. The second-order valence-corrected chi connectivity index (χ2v) is 18.7. The van der Waals surface area contributed by atoms with Crippen molar-refractivity contribution < 1.29 is 35.3 Å². The Hall–Kier alpha value is -5.68. The van der Waals surface area contributed by atoms with Gasteiger partial charge in [-0.1, -0.05) is 36.4 Å². The van der Waals surface area contributed by atoms with Crippen molar-refractivity contribution in [1.29, 1.82) is 0 Å². The smallest absolute Gasteiger partial charge is 0.453 e. The molecule has 1 aliphatic rings. The van der Waals surface area contributed by atoms with Crippen LogP contribution in [0.3, 0.4) is 0 Å². The molecule has 6 aromatic carbocycles. The van der Waals surface area contributed by atoms with Gasteiger partial charge in [-0.3, -0.25) is 0 Å². The monoisotopic (exact) mass is 854 g/mol. The first kappa shape index (κ1) is 40.7. The van der Waals surface area contributed by atoms with Crippen LogP contribution in [0.25, 0.3) is 55.0 Å². The van der Waals surface area contributed by atoms with E-state index in [2.05, 4.69) is 104 Å². The second kappa shape index (κ2) is 16.3. The Labute approximate surface area is 358 Å². The van der Waals surface area contributed by atoms with E-state index in [0.717, 1.165) is 119 Å². The number of aryl methyl sites for hydroxylation is 10. The predicted octanol–water partition coefficient (Wildman–Crippen LogP) is 16.3. The molecule has 8 aromatic rings. The maximum absolute atomic E-state index is 7.13. The molecule has 3 heterocycles. The van der Waals surface area contributed by atoms with Crippen molar-refractivity contribution in [2.75, 3.05) is 13.2 Å². The second-order valence-electron chi connectivity index (χ2n) is 16.8. The summed E-state index contributed by atoms with van der Waals surface area (Å²) in [6, 6.07) is 25.2. The summed E-state index contributed by atoms with van der Waals surface area (Å²) in [4.78, 5) is 0. The SMILES string of the molecule is Cc1cc(C)c2op(Oc3c(C)ccc4c3-c3c(ccc(C)c3Op3oc5c(C)cc(C)cc5c5cc(C)cc(C)c5o3)OCCCCCO4)oc3c(C)cc(C)cc3c2c1. The van der Waals surface area contributed by atoms with E-state index in [1.165, 1.54) is 0 Å². The van der Waals surface area contributed by atoms with Crippen LogP contribution in [0.4, 0.5) is 0 Å². The van der Waals surface area contributed by atoms with E-state index in [9.17, 15) is 0 Å². The molecule has 0 radical (unpaired) electrons. The largest absolute Gasteiger partial charge is 0.493 e. The van der Waals surface area contributed by atoms with E-state index in [0.29, 0.717) is 47.3 Å². The lowest BCUT2D eigenvalue weighted by Gasteiger charge is -2.21. The van der Waals surface area contributed by atoms with Gasteiger partial charge in [0.2, 0.25) is 0 Å². The molecule has 10 heteroatoms. The Balaban J connectivity index is 1.32. The number of hydrogen-bond donors (Lipinski definition) is 0. The molecule has 9 rings (SSSR count). The summed E-state index contributed by atoms with van der Waals surface area (Å²) < 4.78 is 55.1. The van der Waals surface area contributed by atoms with E-state index in [4.69, 9.17) is 35.3 Å². The average Bonchev–Trinajstić information content (AvgIpc) is 3.47. The Morgan fingerprint density at radius 3 is 1.00 bits per heavy atom. The fourth-order valence-corrected chi connectivity index (χ4v) is 11.3. The van der Waals surface area contributed by atoms with E-state index >= 15 is 0 Å². The topological polar surface area (TPSA) is 89.5 Å². The van der Waals surface area contributed by atoms with Crippen LogP contribution >= 0.6 is 16.5 Å². The highest BCUT2D eigenvalue weighted by molar-refractivity contribution is 7.32. The van der Waals surface area contributed by atoms with Gasteiger partial charge < -0.3 is 35.3 Å².